The van der Waals surface area contributed by atoms with Crippen LogP contribution in [0.4, 0.5) is 4.79 Å². The molecule has 3 fully saturated rings. The molecule has 1 amide bonds. The van der Waals surface area contributed by atoms with Gasteiger partial charge in [-0.05, 0) is 0 Å². The molecule has 11 nitrogen and oxygen atoms in total. The molecule has 0 bridgehead atoms. The first kappa shape index (κ1) is 21.6. The normalized spacial score (nSPS) is 24.6. The smallest absolute Gasteiger partial charge is 0.410 e. The van der Waals surface area contributed by atoms with Crippen molar-refractivity contribution in [1.29, 1.82) is 5.41 Å². The van der Waals surface area contributed by atoms with E-state index in [9.17, 15) is 9.59 Å². The van der Waals surface area contributed by atoms with Crippen LogP contribution in [-0.4, -0.2) is 141 Å². The SMILES string of the molecule is COC(=O)CN1CCN(CC2CN(CCN3CCN(C(=N)N)CC3)C(=O)O2)CC1. The Morgan fingerprint density at radius 2 is 1.69 bits per heavy atom. The molecule has 1 atom stereocenters. The number of nitrogens with one attached hydrogen (secondary N) is 1. The molecule has 3 aliphatic rings. The van der Waals surface area contributed by atoms with Crippen LogP contribution in [0.3, 0.4) is 0 Å². The second kappa shape index (κ2) is 10.1. The van der Waals surface area contributed by atoms with Gasteiger partial charge < -0.3 is 25.0 Å². The Balaban J connectivity index is 1.33. The molecule has 3 saturated heterocycles. The van der Waals surface area contributed by atoms with Crippen molar-refractivity contribution >= 4 is 18.0 Å². The van der Waals surface area contributed by atoms with Gasteiger partial charge in [0, 0.05) is 72.0 Å². The highest BCUT2D eigenvalue weighted by Crippen LogP contribution is 2.14. The summed E-state index contributed by atoms with van der Waals surface area (Å²) in [6, 6.07) is 0. The van der Waals surface area contributed by atoms with Crippen molar-refractivity contribution in [3.63, 3.8) is 0 Å². The number of cyclic esters (lactones) is 1. The number of esters is 1. The zero-order valence-corrected chi connectivity index (χ0v) is 17.2. The molecule has 0 aromatic carbocycles. The second-order valence-electron chi connectivity index (χ2n) is 7.82. The molecule has 11 heteroatoms. The van der Waals surface area contributed by atoms with Crippen molar-refractivity contribution in [2.24, 2.45) is 5.73 Å². The van der Waals surface area contributed by atoms with Gasteiger partial charge in [-0.1, -0.05) is 0 Å². The molecule has 3 N–H and O–H groups in total. The number of guanidine groups is 1. The zero-order valence-electron chi connectivity index (χ0n) is 17.2. The van der Waals surface area contributed by atoms with Crippen LogP contribution >= 0.6 is 0 Å². The number of rotatable bonds is 7. The van der Waals surface area contributed by atoms with Crippen molar-refractivity contribution < 1.29 is 19.1 Å². The minimum atomic E-state index is -0.235. The lowest BCUT2D eigenvalue weighted by Gasteiger charge is -2.35. The van der Waals surface area contributed by atoms with Crippen molar-refractivity contribution in [1.82, 2.24) is 24.5 Å². The summed E-state index contributed by atoms with van der Waals surface area (Å²) in [6.07, 6.45) is -0.342. The second-order valence-corrected chi connectivity index (χ2v) is 7.82. The van der Waals surface area contributed by atoms with Crippen molar-refractivity contribution in [3.8, 4) is 0 Å². The molecular formula is C18H33N7O4. The maximum Gasteiger partial charge on any atom is 0.410 e. The van der Waals surface area contributed by atoms with Gasteiger partial charge in [-0.3, -0.25) is 24.9 Å². The number of piperazine rings is 2. The maximum absolute atomic E-state index is 12.2. The average Bonchev–Trinajstić information content (AvgIpc) is 3.07. The summed E-state index contributed by atoms with van der Waals surface area (Å²) >= 11 is 0. The van der Waals surface area contributed by atoms with Crippen LogP contribution in [0, 0.1) is 5.41 Å². The quantitative estimate of drug-likeness (QED) is 0.281. The van der Waals surface area contributed by atoms with Crippen LogP contribution in [-0.2, 0) is 14.3 Å². The van der Waals surface area contributed by atoms with Crippen LogP contribution in [0.2, 0.25) is 0 Å². The van der Waals surface area contributed by atoms with Gasteiger partial charge in [-0.2, -0.15) is 0 Å². The van der Waals surface area contributed by atoms with E-state index < -0.39 is 0 Å². The van der Waals surface area contributed by atoms with Crippen LogP contribution in [0.5, 0.6) is 0 Å². The Morgan fingerprint density at radius 3 is 2.31 bits per heavy atom. The molecule has 0 spiro atoms. The van der Waals surface area contributed by atoms with E-state index in [0.29, 0.717) is 19.6 Å². The minimum absolute atomic E-state index is 0.107. The van der Waals surface area contributed by atoms with E-state index in [4.69, 9.17) is 20.6 Å². The van der Waals surface area contributed by atoms with Crippen molar-refractivity contribution in [2.75, 3.05) is 92.2 Å². The summed E-state index contributed by atoms with van der Waals surface area (Å²) in [4.78, 5) is 33.9. The summed E-state index contributed by atoms with van der Waals surface area (Å²) in [6.45, 7) is 9.67. The summed E-state index contributed by atoms with van der Waals surface area (Å²) in [5, 5.41) is 7.49. The van der Waals surface area contributed by atoms with E-state index in [2.05, 4.69) is 14.7 Å². The Morgan fingerprint density at radius 1 is 1.07 bits per heavy atom. The molecule has 0 aromatic heterocycles. The predicted molar refractivity (Wildman–Crippen MR) is 107 cm³/mol. The Hall–Kier alpha value is -2.11. The zero-order chi connectivity index (χ0) is 20.8. The molecule has 0 saturated carbocycles. The molecule has 1 unspecified atom stereocenters. The Labute approximate surface area is 171 Å². The highest BCUT2D eigenvalue weighted by atomic mass is 16.6. The number of nitrogens with two attached hydrogens (primary N) is 1. The monoisotopic (exact) mass is 411 g/mol. The van der Waals surface area contributed by atoms with Crippen LogP contribution in [0.15, 0.2) is 0 Å². The van der Waals surface area contributed by atoms with E-state index in [0.717, 1.165) is 65.4 Å². The average molecular weight is 412 g/mol. The molecular weight excluding hydrogens is 378 g/mol. The lowest BCUT2D eigenvalue weighted by molar-refractivity contribution is -0.142. The van der Waals surface area contributed by atoms with E-state index in [-0.39, 0.29) is 24.1 Å². The van der Waals surface area contributed by atoms with Crippen LogP contribution < -0.4 is 5.73 Å². The summed E-state index contributed by atoms with van der Waals surface area (Å²) in [5.74, 6) is -0.0803. The molecule has 3 rings (SSSR count). The fourth-order valence-corrected chi connectivity index (χ4v) is 3.99. The van der Waals surface area contributed by atoms with Gasteiger partial charge in [0.15, 0.2) is 5.96 Å². The van der Waals surface area contributed by atoms with E-state index in [1.54, 1.807) is 4.90 Å². The molecule has 3 heterocycles. The van der Waals surface area contributed by atoms with Gasteiger partial charge in [-0.25, -0.2) is 4.79 Å². The largest absolute Gasteiger partial charge is 0.468 e. The van der Waals surface area contributed by atoms with Gasteiger partial charge in [0.25, 0.3) is 0 Å². The number of amides is 1. The fourth-order valence-electron chi connectivity index (χ4n) is 3.99. The summed E-state index contributed by atoms with van der Waals surface area (Å²) < 4.78 is 10.3. The molecule has 3 aliphatic heterocycles. The van der Waals surface area contributed by atoms with Gasteiger partial charge in [0.05, 0.1) is 20.2 Å². The molecule has 164 valence electrons. The molecule has 0 aromatic rings. The van der Waals surface area contributed by atoms with Gasteiger partial charge in [0.2, 0.25) is 0 Å². The number of carbonyl (C=O) groups excluding carboxylic acids is 2. The standard InChI is InChI=1S/C18H33N7O4/c1-28-16(26)14-23-4-2-22(3-5-23)12-15-13-25(18(27)29-15)11-8-21-6-9-24(10-7-21)17(19)20/h15H,2-14H2,1H3,(H3,19,20). The first-order chi connectivity index (χ1) is 13.9. The number of methoxy groups -OCH3 is 1. The Bertz CT molecular complexity index is 589. The van der Waals surface area contributed by atoms with Crippen LogP contribution in [0.25, 0.3) is 0 Å². The first-order valence-corrected chi connectivity index (χ1v) is 10.2. The predicted octanol–water partition coefficient (Wildman–Crippen LogP) is -1.89. The van der Waals surface area contributed by atoms with Gasteiger partial charge in [-0.15, -0.1) is 0 Å². The van der Waals surface area contributed by atoms with Gasteiger partial charge in [0.1, 0.15) is 6.10 Å². The topological polar surface area (TPSA) is 119 Å². The van der Waals surface area contributed by atoms with Crippen molar-refractivity contribution in [2.45, 2.75) is 6.10 Å². The number of ether oxygens (including phenoxy) is 2. The number of hydrogen-bond acceptors (Lipinski definition) is 8. The first-order valence-electron chi connectivity index (χ1n) is 10.2. The van der Waals surface area contributed by atoms with E-state index >= 15 is 0 Å². The third-order valence-corrected chi connectivity index (χ3v) is 5.86. The van der Waals surface area contributed by atoms with Gasteiger partial charge >= 0.3 is 12.1 Å². The maximum atomic E-state index is 12.2. The summed E-state index contributed by atoms with van der Waals surface area (Å²) in [5.41, 5.74) is 5.53. The van der Waals surface area contributed by atoms with E-state index in [1.807, 2.05) is 4.90 Å². The lowest BCUT2D eigenvalue weighted by Crippen LogP contribution is -2.52. The third-order valence-electron chi connectivity index (χ3n) is 5.86. The fraction of sp³-hybridized carbons (Fsp3) is 0.833. The molecule has 0 aliphatic carbocycles. The Kier molecular flexibility index (Phi) is 7.51. The number of hydrogen-bond donors (Lipinski definition) is 2. The highest BCUT2D eigenvalue weighted by Gasteiger charge is 2.33. The highest BCUT2D eigenvalue weighted by molar-refractivity contribution is 5.74. The van der Waals surface area contributed by atoms with Crippen molar-refractivity contribution in [3.05, 3.63) is 0 Å². The molecule has 0 radical (unpaired) electrons. The summed E-state index contributed by atoms with van der Waals surface area (Å²) in [7, 11) is 1.41. The number of nitrogens with zero attached hydrogens (tertiary/aromatic N) is 5. The third kappa shape index (κ3) is 6.18. The minimum Gasteiger partial charge on any atom is -0.468 e. The van der Waals surface area contributed by atoms with E-state index in [1.165, 1.54) is 7.11 Å². The van der Waals surface area contributed by atoms with Crippen LogP contribution in [0.1, 0.15) is 0 Å². The lowest BCUT2D eigenvalue weighted by atomic mass is 10.2. The molecule has 29 heavy (non-hydrogen) atoms. The number of carbonyl (C=O) groups is 2.